The van der Waals surface area contributed by atoms with Crippen molar-refractivity contribution in [2.45, 2.75) is 144 Å². The summed E-state index contributed by atoms with van der Waals surface area (Å²) in [5.41, 5.74) is 22.1. The van der Waals surface area contributed by atoms with Crippen molar-refractivity contribution in [1.29, 1.82) is 0 Å². The second kappa shape index (κ2) is 32.6. The normalized spacial score (nSPS) is 16.2. The zero-order valence-corrected chi connectivity index (χ0v) is 69.9. The topological polar surface area (TPSA) is 36.9 Å². The number of hydrogen-bond donors (Lipinski definition) is 0. The van der Waals surface area contributed by atoms with Crippen molar-refractivity contribution in [2.75, 3.05) is 0 Å². The van der Waals surface area contributed by atoms with Crippen molar-refractivity contribution in [1.82, 2.24) is 0 Å². The fraction of sp³-hybridized carbons (Fsp3) is 0.224. The van der Waals surface area contributed by atoms with Gasteiger partial charge in [0.25, 0.3) is 0 Å². The maximum absolute atomic E-state index is 5.98. The Morgan fingerprint density at radius 2 is 0.486 bits per heavy atom. The minimum atomic E-state index is -1.12. The van der Waals surface area contributed by atoms with E-state index in [1.54, 1.807) is 0 Å². The molecule has 0 saturated heterocycles. The van der Waals surface area contributed by atoms with Crippen molar-refractivity contribution in [3.05, 3.63) is 332 Å². The van der Waals surface area contributed by atoms with Crippen molar-refractivity contribution in [2.24, 2.45) is 0 Å². The number of benzene rings is 8. The van der Waals surface area contributed by atoms with Crippen LogP contribution in [-0.2, 0) is 20.8 Å². The monoisotopic (exact) mass is 1550 g/mol. The molecule has 0 heterocycles. The zero-order chi connectivity index (χ0) is 74.9. The first kappa shape index (κ1) is 75.0. The molecule has 0 amide bonds. The Labute approximate surface area is 656 Å². The van der Waals surface area contributed by atoms with Gasteiger partial charge in [0.15, 0.2) is 0 Å². The summed E-state index contributed by atoms with van der Waals surface area (Å²) in [7, 11) is 7.62. The van der Waals surface area contributed by atoms with Crippen LogP contribution in [-0.4, -0.2) is 42.0 Å². The Hall–Kier alpha value is -8.78. The van der Waals surface area contributed by atoms with Crippen LogP contribution in [0, 0.1) is 27.7 Å². The van der Waals surface area contributed by atoms with Gasteiger partial charge in [0.1, 0.15) is 23.0 Å². The third-order valence-electron chi connectivity index (χ3n) is 21.2. The van der Waals surface area contributed by atoms with Gasteiger partial charge in [0.05, 0.1) is 24.4 Å². The van der Waals surface area contributed by atoms with Crippen LogP contribution in [0.15, 0.2) is 243 Å². The van der Waals surface area contributed by atoms with Crippen LogP contribution in [0.1, 0.15) is 168 Å². The van der Waals surface area contributed by atoms with E-state index in [4.69, 9.17) is 36.0 Å². The average molecular weight is 1550 g/mol. The molecular weight excluding hydrogens is 1460 g/mol. The number of rotatable bonds is 16. The fourth-order valence-corrected chi connectivity index (χ4v) is 22.6. The summed E-state index contributed by atoms with van der Waals surface area (Å²) in [6.45, 7) is 30.9. The van der Waals surface area contributed by atoms with Crippen molar-refractivity contribution < 1.29 is 39.8 Å². The molecule has 0 saturated carbocycles. The Morgan fingerprint density at radius 3 is 0.692 bits per heavy atom. The quantitative estimate of drug-likeness (QED) is 0.0714. The molecule has 2 radical (unpaired) electrons. The van der Waals surface area contributed by atoms with Crippen molar-refractivity contribution in [3.63, 3.8) is 0 Å². The van der Waals surface area contributed by atoms with Gasteiger partial charge in [-0.1, -0.05) is 186 Å². The number of fused-ring (bicyclic) bond motifs is 8. The minimum absolute atomic E-state index is 0.156. The van der Waals surface area contributed by atoms with E-state index >= 15 is 0 Å². The van der Waals surface area contributed by atoms with Crippen molar-refractivity contribution >= 4 is 123 Å². The molecule has 12 aromatic carbocycles. The van der Waals surface area contributed by atoms with Gasteiger partial charge in [-0.2, -0.15) is 68.8 Å². The van der Waals surface area contributed by atoms with Gasteiger partial charge < -0.3 is 18.9 Å². The molecule has 4 aliphatic rings. The third kappa shape index (κ3) is 15.9. The SMILES string of the molecule is Cc1cc2c([c-]1[Si](C)[c-]1c(C)cc3c1C=CC=CC3c1ccc3cc(OC(C)C)ccc3c1)C=CC=CC2c1ccc2cc(OC(C)C)ccc2c1.Cc1cc2c([c-]1[Si](C)[c-]1c(C)cc3c1C=CC=CC3c1ccc3cc(OC(C)C)ccc3c1)C=CC=CC2c1ccc2cc(OC(C)C)ccc2c1.[Cl][Zr][Cl]. The molecule has 9 heteroatoms. The van der Waals surface area contributed by atoms with E-state index in [0.717, 1.165) is 23.0 Å². The van der Waals surface area contributed by atoms with Crippen LogP contribution in [0.4, 0.5) is 0 Å². The maximum atomic E-state index is 5.98. The van der Waals surface area contributed by atoms with E-state index in [1.807, 2.05) is 0 Å². The van der Waals surface area contributed by atoms with Crippen LogP contribution in [0.25, 0.3) is 67.4 Å². The second-order valence-corrected chi connectivity index (χ2v) is 38.5. The number of allylic oxidation sites excluding steroid dienone is 12. The number of hydrogen-bond acceptors (Lipinski definition) is 4. The van der Waals surface area contributed by atoms with E-state index < -0.39 is 38.4 Å². The number of aryl methyl sites for hydroxylation is 4. The molecule has 4 atom stereocenters. The first-order valence-electron chi connectivity index (χ1n) is 37.8. The van der Waals surface area contributed by atoms with Crippen LogP contribution in [0.2, 0.25) is 13.1 Å². The molecule has 0 aromatic heterocycles. The van der Waals surface area contributed by atoms with Crippen LogP contribution in [0.3, 0.4) is 0 Å². The predicted molar refractivity (Wildman–Crippen MR) is 459 cm³/mol. The molecule has 4 unspecified atom stereocenters. The molecule has 540 valence electrons. The van der Waals surface area contributed by atoms with Crippen LogP contribution in [0.5, 0.6) is 23.0 Å². The molecule has 12 aromatic rings. The Morgan fingerprint density at radius 1 is 0.290 bits per heavy atom. The van der Waals surface area contributed by atoms with Crippen molar-refractivity contribution in [3.8, 4) is 23.0 Å². The Balaban J connectivity index is 0.000000173. The number of ether oxygens (including phenoxy) is 4. The third-order valence-corrected chi connectivity index (χ3v) is 26.9. The van der Waals surface area contributed by atoms with E-state index in [1.165, 1.54) is 153 Å². The van der Waals surface area contributed by atoms with E-state index in [9.17, 15) is 0 Å². The summed E-state index contributed by atoms with van der Waals surface area (Å²) in [5, 5.41) is 15.9. The Kier molecular flexibility index (Phi) is 22.8. The van der Waals surface area contributed by atoms with Crippen LogP contribution >= 0.6 is 17.0 Å². The molecule has 0 N–H and O–H groups in total. The van der Waals surface area contributed by atoms with Gasteiger partial charge in [0.2, 0.25) is 0 Å². The Bertz CT molecular complexity index is 4890. The molecule has 0 aliphatic heterocycles. The molecule has 4 nitrogen and oxygen atoms in total. The van der Waals surface area contributed by atoms with Crippen LogP contribution < -0.4 is 39.7 Å². The van der Waals surface area contributed by atoms with Gasteiger partial charge in [-0.25, -0.2) is 0 Å². The van der Waals surface area contributed by atoms with Gasteiger partial charge in [-0.15, -0.1) is 91.6 Å². The second-order valence-electron chi connectivity index (χ2n) is 30.2. The molecule has 107 heavy (non-hydrogen) atoms. The summed E-state index contributed by atoms with van der Waals surface area (Å²) >= 11 is -0.826. The fourth-order valence-electron chi connectivity index (χ4n) is 17.0. The average Bonchev–Trinajstić information content (AvgIpc) is 1.60. The van der Waals surface area contributed by atoms with Gasteiger partial charge in [-0.05, 0) is 193 Å². The molecular formula is C98H94Cl2O4Si2Zr-4. The van der Waals surface area contributed by atoms with E-state index in [2.05, 4.69) is 363 Å². The van der Waals surface area contributed by atoms with E-state index in [-0.39, 0.29) is 48.1 Å². The zero-order valence-electron chi connectivity index (χ0n) is 63.9. The molecule has 0 bridgehead atoms. The molecule has 0 fully saturated rings. The van der Waals surface area contributed by atoms with Gasteiger partial charge in [0, 0.05) is 17.6 Å². The first-order valence-corrected chi connectivity index (χ1v) is 48.1. The summed E-state index contributed by atoms with van der Waals surface area (Å²) in [5.74, 6) is 4.45. The molecule has 16 rings (SSSR count). The van der Waals surface area contributed by atoms with Gasteiger partial charge in [-0.3, -0.25) is 0 Å². The van der Waals surface area contributed by atoms with E-state index in [0.29, 0.717) is 0 Å². The predicted octanol–water partition coefficient (Wildman–Crippen LogP) is 24.0. The summed E-state index contributed by atoms with van der Waals surface area (Å²) in [4.78, 5) is 0. The molecule has 0 spiro atoms. The summed E-state index contributed by atoms with van der Waals surface area (Å²) < 4.78 is 23.9. The number of halogens is 2. The first-order chi connectivity index (χ1) is 51.7. The summed E-state index contributed by atoms with van der Waals surface area (Å²) in [6.07, 6.45) is 37.4. The molecule has 4 aliphatic carbocycles. The summed E-state index contributed by atoms with van der Waals surface area (Å²) in [6, 6.07) is 63.3. The standard InChI is InChI=1S/2C49H47O2Si.2ClH.Zr/c2*1-30(2)50-40-22-20-34-26-38(18-16-36(34)28-40)42-12-8-10-14-44-46(42)24-32(5)48(44)52(7)49-33(6)25-47-43(13-9-11-15-45(47)49)39-19-17-37-29-41(51-31(3)4)23-21-35(37)27-39;;;/h2*8-31,42-43H,1-7H3;2*1H;/q2*-2;;;+2/p-2. The van der Waals surface area contributed by atoms with Gasteiger partial charge >= 0.3 is 37.9 Å².